The van der Waals surface area contributed by atoms with E-state index in [1.54, 1.807) is 13.8 Å². The zero-order chi connectivity index (χ0) is 26.0. The molecule has 36 heavy (non-hydrogen) atoms. The number of carbonyl (C=O) groups is 2. The van der Waals surface area contributed by atoms with Gasteiger partial charge >= 0.3 is 30.8 Å². The Morgan fingerprint density at radius 1 is 1.06 bits per heavy atom. The van der Waals surface area contributed by atoms with Gasteiger partial charge in [0.25, 0.3) is 0 Å². The van der Waals surface area contributed by atoms with Crippen LogP contribution in [-0.4, -0.2) is 82.2 Å². The molecular formula is C26H45LiO9. The second-order valence-electron chi connectivity index (χ2n) is 10.2. The Bertz CT molecular complexity index is 706. The van der Waals surface area contributed by atoms with Crippen LogP contribution < -0.4 is 18.9 Å². The number of ether oxygens (including phenoxy) is 3. The maximum absolute atomic E-state index is 12.1. The van der Waals surface area contributed by atoms with Gasteiger partial charge in [-0.3, -0.25) is 4.79 Å². The van der Waals surface area contributed by atoms with Gasteiger partial charge in [-0.05, 0) is 39.5 Å². The molecule has 8 atom stereocenters. The normalized spacial score (nSPS) is 29.7. The second kappa shape index (κ2) is 16.8. The van der Waals surface area contributed by atoms with E-state index >= 15 is 0 Å². The number of epoxide rings is 1. The smallest absolute Gasteiger partial charge is 1.00 e. The minimum Gasteiger partial charge on any atom is -1.00 e. The maximum atomic E-state index is 12.1. The Hall–Kier alpha value is -0.923. The Morgan fingerprint density at radius 2 is 1.69 bits per heavy atom. The molecule has 0 bridgehead atoms. The fraction of sp³-hybridized carbons (Fsp3) is 0.846. The quantitative estimate of drug-likeness (QED) is 0.0726. The second-order valence-corrected chi connectivity index (χ2v) is 10.2. The molecule has 2 rings (SSSR count). The first-order chi connectivity index (χ1) is 16.6. The van der Waals surface area contributed by atoms with Gasteiger partial charge < -0.3 is 36.1 Å². The minimum absolute atomic E-state index is 0. The number of hydrogen-bond acceptors (Lipinski definition) is 8. The molecule has 10 heteroatoms. The van der Waals surface area contributed by atoms with Crippen LogP contribution in [-0.2, 0) is 23.8 Å². The van der Waals surface area contributed by atoms with Gasteiger partial charge in [-0.2, -0.15) is 0 Å². The van der Waals surface area contributed by atoms with E-state index in [4.69, 9.17) is 19.3 Å². The largest absolute Gasteiger partial charge is 1.00 e. The third-order valence-electron chi connectivity index (χ3n) is 7.09. The molecule has 0 aromatic carbocycles. The van der Waals surface area contributed by atoms with E-state index in [1.165, 1.54) is 6.08 Å². The van der Waals surface area contributed by atoms with Crippen molar-refractivity contribution in [1.29, 1.82) is 0 Å². The predicted octanol–water partition coefficient (Wildman–Crippen LogP) is -0.291. The van der Waals surface area contributed by atoms with Crippen LogP contribution in [0, 0.1) is 11.8 Å². The van der Waals surface area contributed by atoms with Crippen molar-refractivity contribution in [3.8, 4) is 0 Å². The molecule has 2 heterocycles. The van der Waals surface area contributed by atoms with E-state index in [2.05, 4.69) is 0 Å². The van der Waals surface area contributed by atoms with Crippen molar-refractivity contribution in [2.75, 3.05) is 13.2 Å². The number of aliphatic hydroxyl groups is 3. The van der Waals surface area contributed by atoms with Gasteiger partial charge in [0.2, 0.25) is 0 Å². The number of carboxylic acid groups (broad SMARTS) is 1. The molecule has 0 spiro atoms. The summed E-state index contributed by atoms with van der Waals surface area (Å²) in [5.74, 6) is -1.42. The van der Waals surface area contributed by atoms with Crippen molar-refractivity contribution >= 4 is 11.9 Å². The maximum Gasteiger partial charge on any atom is 1.00 e. The topological polar surface area (TPSA) is 146 Å². The van der Waals surface area contributed by atoms with Gasteiger partial charge in [0, 0.05) is 24.3 Å². The van der Waals surface area contributed by atoms with Crippen molar-refractivity contribution in [2.45, 2.75) is 115 Å². The fourth-order valence-electron chi connectivity index (χ4n) is 4.59. The molecule has 0 aliphatic carbocycles. The van der Waals surface area contributed by atoms with E-state index in [0.717, 1.165) is 32.1 Å². The molecule has 2 aliphatic rings. The number of unbranched alkanes of at least 4 members (excludes halogenated alkanes) is 5. The van der Waals surface area contributed by atoms with Crippen LogP contribution in [0.15, 0.2) is 11.6 Å². The number of carbonyl (C=O) groups excluding carboxylic acids is 1. The molecule has 0 aromatic rings. The van der Waals surface area contributed by atoms with Gasteiger partial charge in [-0.15, -0.1) is 0 Å². The first-order valence-corrected chi connectivity index (χ1v) is 13.0. The van der Waals surface area contributed by atoms with E-state index in [0.29, 0.717) is 38.0 Å². The zero-order valence-electron chi connectivity index (χ0n) is 23.3. The SMILES string of the molecule is C/C(=C\C(=O)OCCCCCCCCC(=O)O)C[C@@H]1OC[C@H](C[C@@H]2O[C@H]2[C@@H](C)[C@H](C)O)[C@@H](O)[C@H]1O.[H-].[Li+]. The molecule has 0 radical (unpaired) electrons. The number of esters is 1. The van der Waals surface area contributed by atoms with Gasteiger partial charge in [0.1, 0.15) is 6.10 Å². The third kappa shape index (κ3) is 11.6. The molecule has 0 unspecified atom stereocenters. The van der Waals surface area contributed by atoms with Crippen molar-refractivity contribution < 1.29 is 64.5 Å². The summed E-state index contributed by atoms with van der Waals surface area (Å²) in [6.45, 7) is 6.07. The summed E-state index contributed by atoms with van der Waals surface area (Å²) < 4.78 is 16.7. The summed E-state index contributed by atoms with van der Waals surface area (Å²) in [6.07, 6.45) is 4.61. The van der Waals surface area contributed by atoms with Crippen molar-refractivity contribution in [3.05, 3.63) is 11.6 Å². The zero-order valence-corrected chi connectivity index (χ0v) is 22.3. The first kappa shape index (κ1) is 33.1. The van der Waals surface area contributed by atoms with E-state index in [-0.39, 0.29) is 50.8 Å². The molecule has 0 aromatic heterocycles. The van der Waals surface area contributed by atoms with Gasteiger partial charge in [0.15, 0.2) is 0 Å². The summed E-state index contributed by atoms with van der Waals surface area (Å²) in [4.78, 5) is 22.5. The fourth-order valence-corrected chi connectivity index (χ4v) is 4.59. The van der Waals surface area contributed by atoms with Crippen LogP contribution in [0.4, 0.5) is 0 Å². The summed E-state index contributed by atoms with van der Waals surface area (Å²) in [6, 6.07) is 0. The van der Waals surface area contributed by atoms with Crippen LogP contribution in [0.3, 0.4) is 0 Å². The Labute approximate surface area is 228 Å². The molecule has 204 valence electrons. The van der Waals surface area contributed by atoms with Crippen LogP contribution in [0.5, 0.6) is 0 Å². The van der Waals surface area contributed by atoms with Crippen LogP contribution in [0.2, 0.25) is 0 Å². The molecule has 0 amide bonds. The Balaban J connectivity index is 0.00000648. The molecule has 2 saturated heterocycles. The Morgan fingerprint density at radius 3 is 2.33 bits per heavy atom. The number of aliphatic hydroxyl groups excluding tert-OH is 3. The Kier molecular flexibility index (Phi) is 15.5. The minimum atomic E-state index is -1.06. The standard InChI is InChI=1S/C26H44O9.Li.H/c1-16(13-23(30)33-11-9-7-5-4-6-8-10-22(28)29)12-20-25(32)24(31)19(15-34-20)14-21-26(35-21)17(2)18(3)27;;/h13,17-21,24-27,31-32H,4-12,14-15H2,1-3H3,(H,28,29);;/q;+1;-1/b16-13+;;/t17-,18-,19-,20-,21-,24+,25-,26-;;/m0../s1. The van der Waals surface area contributed by atoms with E-state index in [9.17, 15) is 24.9 Å². The van der Waals surface area contributed by atoms with Crippen LogP contribution >= 0.6 is 0 Å². The predicted molar refractivity (Wildman–Crippen MR) is 130 cm³/mol. The summed E-state index contributed by atoms with van der Waals surface area (Å²) in [5, 5.41) is 39.5. The summed E-state index contributed by atoms with van der Waals surface area (Å²) in [7, 11) is 0. The van der Waals surface area contributed by atoms with Gasteiger partial charge in [-0.1, -0.05) is 38.2 Å². The monoisotopic (exact) mass is 508 g/mol. The van der Waals surface area contributed by atoms with Crippen molar-refractivity contribution in [1.82, 2.24) is 0 Å². The summed E-state index contributed by atoms with van der Waals surface area (Å²) >= 11 is 0. The van der Waals surface area contributed by atoms with Gasteiger partial charge in [0.05, 0.1) is 43.7 Å². The third-order valence-corrected chi connectivity index (χ3v) is 7.09. The van der Waals surface area contributed by atoms with Crippen molar-refractivity contribution in [3.63, 3.8) is 0 Å². The van der Waals surface area contributed by atoms with E-state index < -0.39 is 36.4 Å². The average Bonchev–Trinajstić information content (AvgIpc) is 3.55. The number of rotatable bonds is 16. The molecule has 2 fully saturated rings. The first-order valence-electron chi connectivity index (χ1n) is 13.0. The molecule has 2 aliphatic heterocycles. The van der Waals surface area contributed by atoms with Gasteiger partial charge in [-0.25, -0.2) is 4.79 Å². The van der Waals surface area contributed by atoms with Crippen LogP contribution in [0.1, 0.15) is 80.0 Å². The van der Waals surface area contributed by atoms with E-state index in [1.807, 2.05) is 6.92 Å². The number of aliphatic carboxylic acids is 1. The molecule has 0 saturated carbocycles. The average molecular weight is 509 g/mol. The summed E-state index contributed by atoms with van der Waals surface area (Å²) in [5.41, 5.74) is 0.708. The van der Waals surface area contributed by atoms with Crippen molar-refractivity contribution in [2.24, 2.45) is 11.8 Å². The molecular weight excluding hydrogens is 463 g/mol. The number of carboxylic acids is 1. The number of hydrogen-bond donors (Lipinski definition) is 4. The van der Waals surface area contributed by atoms with Crippen LogP contribution in [0.25, 0.3) is 0 Å². The molecule has 4 N–H and O–H groups in total. The molecule has 9 nitrogen and oxygen atoms in total.